The van der Waals surface area contributed by atoms with Crippen molar-refractivity contribution in [2.24, 2.45) is 0 Å². The third-order valence-corrected chi connectivity index (χ3v) is 4.92. The Morgan fingerprint density at radius 2 is 1.21 bits per heavy atom. The molecule has 0 unspecified atom stereocenters. The van der Waals surface area contributed by atoms with Crippen LogP contribution in [-0.4, -0.2) is 0 Å². The Labute approximate surface area is 120 Å². The SMILES string of the molecule is CC1=C(C2=CCCCCCCC2)CCCCCCC1. The van der Waals surface area contributed by atoms with E-state index < -0.39 is 0 Å². The molecule has 0 N–H and O–H groups in total. The van der Waals surface area contributed by atoms with E-state index in [1.807, 2.05) is 0 Å². The number of allylic oxidation sites excluding steroid dienone is 4. The lowest BCUT2D eigenvalue weighted by atomic mass is 9.90. The molecule has 0 spiro atoms. The summed E-state index contributed by atoms with van der Waals surface area (Å²) in [5.41, 5.74) is 5.22. The topological polar surface area (TPSA) is 0 Å². The number of rotatable bonds is 1. The molecule has 0 aliphatic heterocycles. The second kappa shape index (κ2) is 8.61. The Balaban J connectivity index is 2.10. The fraction of sp³-hybridized carbons (Fsp3) is 0.789. The number of hydrogen-bond donors (Lipinski definition) is 0. The van der Waals surface area contributed by atoms with Crippen LogP contribution in [0, 0.1) is 0 Å². The van der Waals surface area contributed by atoms with Gasteiger partial charge in [-0.1, -0.05) is 50.2 Å². The van der Waals surface area contributed by atoms with Gasteiger partial charge in [0.25, 0.3) is 0 Å². The molecular weight excluding hydrogens is 228 g/mol. The van der Waals surface area contributed by atoms with Crippen LogP contribution < -0.4 is 0 Å². The lowest BCUT2D eigenvalue weighted by Crippen LogP contribution is -1.96. The molecular formula is C19H32. The normalized spacial score (nSPS) is 24.4. The van der Waals surface area contributed by atoms with Gasteiger partial charge in [0.2, 0.25) is 0 Å². The summed E-state index contributed by atoms with van der Waals surface area (Å²) in [7, 11) is 0. The van der Waals surface area contributed by atoms with E-state index in [1.165, 1.54) is 89.9 Å². The first kappa shape index (κ1) is 14.9. The molecule has 0 bridgehead atoms. The molecule has 0 heterocycles. The maximum absolute atomic E-state index is 2.60. The highest BCUT2D eigenvalue weighted by atomic mass is 14.2. The molecule has 0 aromatic heterocycles. The van der Waals surface area contributed by atoms with Gasteiger partial charge >= 0.3 is 0 Å². The minimum Gasteiger partial charge on any atom is -0.0810 e. The monoisotopic (exact) mass is 260 g/mol. The highest BCUT2D eigenvalue weighted by Crippen LogP contribution is 2.31. The molecule has 2 aliphatic rings. The summed E-state index contributed by atoms with van der Waals surface area (Å²) in [6.45, 7) is 2.41. The van der Waals surface area contributed by atoms with E-state index in [2.05, 4.69) is 13.0 Å². The van der Waals surface area contributed by atoms with Gasteiger partial charge in [-0.15, -0.1) is 0 Å². The molecule has 2 aliphatic carbocycles. The van der Waals surface area contributed by atoms with Crippen molar-refractivity contribution in [3.05, 3.63) is 22.8 Å². The van der Waals surface area contributed by atoms with Gasteiger partial charge in [-0.25, -0.2) is 0 Å². The fourth-order valence-electron chi connectivity index (χ4n) is 3.66. The summed E-state index contributed by atoms with van der Waals surface area (Å²) in [6.07, 6.45) is 22.4. The minimum atomic E-state index is 1.33. The Morgan fingerprint density at radius 1 is 0.632 bits per heavy atom. The maximum Gasteiger partial charge on any atom is -0.0277 e. The van der Waals surface area contributed by atoms with Gasteiger partial charge in [-0.2, -0.15) is 0 Å². The molecule has 0 amide bonds. The molecule has 0 nitrogen and oxygen atoms in total. The van der Waals surface area contributed by atoms with E-state index in [4.69, 9.17) is 0 Å². The minimum absolute atomic E-state index is 1.33. The smallest absolute Gasteiger partial charge is 0.0277 e. The third-order valence-electron chi connectivity index (χ3n) is 4.92. The first-order chi connectivity index (χ1) is 9.38. The van der Waals surface area contributed by atoms with Crippen molar-refractivity contribution >= 4 is 0 Å². The van der Waals surface area contributed by atoms with Gasteiger partial charge in [-0.05, 0) is 69.4 Å². The van der Waals surface area contributed by atoms with E-state index in [0.717, 1.165) is 0 Å². The molecule has 19 heavy (non-hydrogen) atoms. The predicted octanol–water partition coefficient (Wildman–Crippen LogP) is 6.72. The van der Waals surface area contributed by atoms with Crippen LogP contribution in [0.25, 0.3) is 0 Å². The van der Waals surface area contributed by atoms with Gasteiger partial charge in [0.1, 0.15) is 0 Å². The van der Waals surface area contributed by atoms with Gasteiger partial charge < -0.3 is 0 Å². The quantitative estimate of drug-likeness (QED) is 0.491. The van der Waals surface area contributed by atoms with Gasteiger partial charge in [0, 0.05) is 0 Å². The van der Waals surface area contributed by atoms with Gasteiger partial charge in [-0.3, -0.25) is 0 Å². The molecule has 0 aromatic carbocycles. The van der Waals surface area contributed by atoms with Gasteiger partial charge in [0.15, 0.2) is 0 Å². The molecule has 0 saturated heterocycles. The van der Waals surface area contributed by atoms with Crippen molar-refractivity contribution in [3.8, 4) is 0 Å². The molecule has 0 aromatic rings. The molecule has 108 valence electrons. The van der Waals surface area contributed by atoms with E-state index in [0.29, 0.717) is 0 Å². The third kappa shape index (κ3) is 5.16. The summed E-state index contributed by atoms with van der Waals surface area (Å²) in [4.78, 5) is 0. The second-order valence-electron chi connectivity index (χ2n) is 6.56. The van der Waals surface area contributed by atoms with Crippen LogP contribution in [0.1, 0.15) is 96.8 Å². The first-order valence-electron chi connectivity index (χ1n) is 8.76. The predicted molar refractivity (Wildman–Crippen MR) is 85.4 cm³/mol. The summed E-state index contributed by atoms with van der Waals surface area (Å²) in [5.74, 6) is 0. The Morgan fingerprint density at radius 3 is 2.00 bits per heavy atom. The molecule has 0 atom stereocenters. The van der Waals surface area contributed by atoms with Gasteiger partial charge in [0.05, 0.1) is 0 Å². The van der Waals surface area contributed by atoms with E-state index >= 15 is 0 Å². The largest absolute Gasteiger partial charge is 0.0810 e. The summed E-state index contributed by atoms with van der Waals surface area (Å²) >= 11 is 0. The van der Waals surface area contributed by atoms with Crippen LogP contribution in [0.5, 0.6) is 0 Å². The fourth-order valence-corrected chi connectivity index (χ4v) is 3.66. The van der Waals surface area contributed by atoms with Crippen molar-refractivity contribution in [2.75, 3.05) is 0 Å². The maximum atomic E-state index is 2.60. The van der Waals surface area contributed by atoms with Crippen LogP contribution in [0.4, 0.5) is 0 Å². The van der Waals surface area contributed by atoms with Crippen LogP contribution in [-0.2, 0) is 0 Å². The van der Waals surface area contributed by atoms with Crippen LogP contribution >= 0.6 is 0 Å². The molecule has 0 saturated carbocycles. The Bertz CT molecular complexity index is 319. The number of hydrogen-bond acceptors (Lipinski definition) is 0. The lowest BCUT2D eigenvalue weighted by Gasteiger charge is -2.16. The van der Waals surface area contributed by atoms with E-state index in [-0.39, 0.29) is 0 Å². The summed E-state index contributed by atoms with van der Waals surface area (Å²) in [5, 5.41) is 0. The Hall–Kier alpha value is -0.520. The zero-order chi connectivity index (χ0) is 13.3. The zero-order valence-corrected chi connectivity index (χ0v) is 13.0. The lowest BCUT2D eigenvalue weighted by molar-refractivity contribution is 0.623. The van der Waals surface area contributed by atoms with Crippen molar-refractivity contribution < 1.29 is 0 Å². The molecule has 0 radical (unpaired) electrons. The standard InChI is InChI=1S/C19H32/c1-17-13-9-5-4-8-12-16-19(17)18-14-10-6-2-3-7-11-15-18/h14H,2-13,15-16H2,1H3. The van der Waals surface area contributed by atoms with Crippen molar-refractivity contribution in [1.29, 1.82) is 0 Å². The average Bonchev–Trinajstić information content (AvgIpc) is 2.60. The van der Waals surface area contributed by atoms with Crippen LogP contribution in [0.2, 0.25) is 0 Å². The van der Waals surface area contributed by atoms with Crippen molar-refractivity contribution in [3.63, 3.8) is 0 Å². The van der Waals surface area contributed by atoms with Crippen LogP contribution in [0.15, 0.2) is 22.8 Å². The van der Waals surface area contributed by atoms with E-state index in [1.54, 1.807) is 16.7 Å². The summed E-state index contributed by atoms with van der Waals surface area (Å²) in [6, 6.07) is 0. The van der Waals surface area contributed by atoms with Crippen LogP contribution in [0.3, 0.4) is 0 Å². The van der Waals surface area contributed by atoms with Crippen molar-refractivity contribution in [2.45, 2.75) is 96.8 Å². The zero-order valence-electron chi connectivity index (χ0n) is 13.0. The molecule has 0 heteroatoms. The highest BCUT2D eigenvalue weighted by Gasteiger charge is 2.11. The highest BCUT2D eigenvalue weighted by molar-refractivity contribution is 5.35. The summed E-state index contributed by atoms with van der Waals surface area (Å²) < 4.78 is 0. The molecule has 2 rings (SSSR count). The second-order valence-corrected chi connectivity index (χ2v) is 6.56. The van der Waals surface area contributed by atoms with Crippen molar-refractivity contribution in [1.82, 2.24) is 0 Å². The molecule has 0 fully saturated rings. The van der Waals surface area contributed by atoms with E-state index in [9.17, 15) is 0 Å². The Kier molecular flexibility index (Phi) is 6.74. The average molecular weight is 260 g/mol. The first-order valence-corrected chi connectivity index (χ1v) is 8.76.